The Kier molecular flexibility index (Phi) is 5.77. The van der Waals surface area contributed by atoms with E-state index in [0.717, 1.165) is 11.1 Å². The van der Waals surface area contributed by atoms with Gasteiger partial charge in [-0.2, -0.15) is 0 Å². The molecule has 0 aliphatic heterocycles. The highest BCUT2D eigenvalue weighted by Crippen LogP contribution is 2.20. The molecule has 0 aliphatic rings. The summed E-state index contributed by atoms with van der Waals surface area (Å²) in [7, 11) is 0. The van der Waals surface area contributed by atoms with Gasteiger partial charge >= 0.3 is 5.97 Å². The summed E-state index contributed by atoms with van der Waals surface area (Å²) in [6, 6.07) is 16.9. The van der Waals surface area contributed by atoms with Gasteiger partial charge in [-0.05, 0) is 25.5 Å². The maximum atomic E-state index is 12.4. The molecule has 0 fully saturated rings. The summed E-state index contributed by atoms with van der Waals surface area (Å²) >= 11 is 0. The first kappa shape index (κ1) is 17.0. The summed E-state index contributed by atoms with van der Waals surface area (Å²) in [4.78, 5) is 12.4. The van der Waals surface area contributed by atoms with Crippen LogP contribution in [0.3, 0.4) is 0 Å². The third kappa shape index (κ3) is 4.57. The van der Waals surface area contributed by atoms with Crippen molar-refractivity contribution < 1.29 is 14.6 Å². The summed E-state index contributed by atoms with van der Waals surface area (Å²) < 4.78 is 5.23. The van der Waals surface area contributed by atoms with Crippen LogP contribution in [-0.2, 0) is 22.5 Å². The van der Waals surface area contributed by atoms with Crippen LogP contribution < -0.4 is 5.32 Å². The Morgan fingerprint density at radius 1 is 1.13 bits per heavy atom. The summed E-state index contributed by atoms with van der Waals surface area (Å²) in [5.41, 5.74) is 0.934. The van der Waals surface area contributed by atoms with Crippen molar-refractivity contribution in [3.05, 3.63) is 65.7 Å². The van der Waals surface area contributed by atoms with E-state index in [4.69, 9.17) is 4.74 Å². The van der Waals surface area contributed by atoms with Crippen molar-refractivity contribution in [1.82, 2.24) is 5.32 Å². The molecule has 23 heavy (non-hydrogen) atoms. The van der Waals surface area contributed by atoms with Crippen molar-refractivity contribution in [2.24, 2.45) is 0 Å². The quantitative estimate of drug-likeness (QED) is 0.771. The largest absolute Gasteiger partial charge is 0.508 e. The molecule has 0 amide bonds. The number of esters is 1. The molecule has 0 aliphatic carbocycles. The lowest BCUT2D eigenvalue weighted by molar-refractivity contribution is -0.150. The number of benzene rings is 2. The smallest absolute Gasteiger partial charge is 0.326 e. The highest BCUT2D eigenvalue weighted by atomic mass is 16.5. The number of carbonyl (C=O) groups excluding carboxylic acids is 1. The Hall–Kier alpha value is -2.33. The van der Waals surface area contributed by atoms with Gasteiger partial charge < -0.3 is 9.84 Å². The fourth-order valence-corrected chi connectivity index (χ4v) is 2.45. The first-order chi connectivity index (χ1) is 11.0. The van der Waals surface area contributed by atoms with Crippen LogP contribution in [-0.4, -0.2) is 23.2 Å². The monoisotopic (exact) mass is 313 g/mol. The van der Waals surface area contributed by atoms with Gasteiger partial charge in [0.2, 0.25) is 0 Å². The van der Waals surface area contributed by atoms with Gasteiger partial charge in [0, 0.05) is 18.5 Å². The third-order valence-corrected chi connectivity index (χ3v) is 3.79. The van der Waals surface area contributed by atoms with E-state index in [0.29, 0.717) is 19.6 Å². The second-order valence-corrected chi connectivity index (χ2v) is 5.70. The Morgan fingerprint density at radius 3 is 2.43 bits per heavy atom. The predicted molar refractivity (Wildman–Crippen MR) is 90.1 cm³/mol. The van der Waals surface area contributed by atoms with Crippen LogP contribution in [0.5, 0.6) is 5.75 Å². The molecule has 0 aromatic heterocycles. The zero-order valence-corrected chi connectivity index (χ0v) is 13.6. The average molecular weight is 313 g/mol. The molecular weight excluding hydrogens is 290 g/mol. The third-order valence-electron chi connectivity index (χ3n) is 3.79. The van der Waals surface area contributed by atoms with E-state index < -0.39 is 5.54 Å². The predicted octanol–water partition coefficient (Wildman–Crippen LogP) is 3.05. The molecule has 4 nitrogen and oxygen atoms in total. The lowest BCUT2D eigenvalue weighted by Gasteiger charge is -2.29. The average Bonchev–Trinajstić information content (AvgIpc) is 2.55. The van der Waals surface area contributed by atoms with Gasteiger partial charge in [-0.3, -0.25) is 10.1 Å². The molecule has 0 bridgehead atoms. The Labute approximate surface area is 137 Å². The van der Waals surface area contributed by atoms with E-state index in [1.807, 2.05) is 49.4 Å². The van der Waals surface area contributed by atoms with Gasteiger partial charge in [0.05, 0.1) is 6.61 Å². The first-order valence-corrected chi connectivity index (χ1v) is 7.78. The van der Waals surface area contributed by atoms with E-state index in [-0.39, 0.29) is 11.7 Å². The van der Waals surface area contributed by atoms with E-state index in [1.165, 1.54) is 0 Å². The Balaban J connectivity index is 2.16. The van der Waals surface area contributed by atoms with Gasteiger partial charge in [0.15, 0.2) is 0 Å². The minimum Gasteiger partial charge on any atom is -0.508 e. The molecule has 0 saturated heterocycles. The second kappa shape index (κ2) is 7.79. The van der Waals surface area contributed by atoms with E-state index in [9.17, 15) is 9.90 Å². The number of phenols is 1. The van der Waals surface area contributed by atoms with Crippen LogP contribution in [0, 0.1) is 0 Å². The van der Waals surface area contributed by atoms with Crippen LogP contribution in [0.1, 0.15) is 25.0 Å². The van der Waals surface area contributed by atoms with Gasteiger partial charge in [0.1, 0.15) is 11.3 Å². The van der Waals surface area contributed by atoms with E-state index in [2.05, 4.69) is 5.32 Å². The highest BCUT2D eigenvalue weighted by Gasteiger charge is 2.34. The number of carbonyl (C=O) groups is 1. The van der Waals surface area contributed by atoms with Gasteiger partial charge in [-0.25, -0.2) is 0 Å². The van der Waals surface area contributed by atoms with Gasteiger partial charge in [-0.15, -0.1) is 0 Å². The van der Waals surface area contributed by atoms with Crippen molar-refractivity contribution in [2.75, 3.05) is 6.61 Å². The number of phenolic OH excluding ortho intramolecular Hbond substituents is 1. The number of hydrogen-bond donors (Lipinski definition) is 2. The molecule has 2 N–H and O–H groups in total. The maximum Gasteiger partial charge on any atom is 0.326 e. The molecule has 0 heterocycles. The van der Waals surface area contributed by atoms with Crippen LogP contribution in [0.15, 0.2) is 54.6 Å². The molecule has 1 unspecified atom stereocenters. The lowest BCUT2D eigenvalue weighted by atomic mass is 9.92. The second-order valence-electron chi connectivity index (χ2n) is 5.70. The molecule has 2 aromatic rings. The lowest BCUT2D eigenvalue weighted by Crippen LogP contribution is -2.51. The number of para-hydroxylation sites is 1. The summed E-state index contributed by atoms with van der Waals surface area (Å²) in [6.45, 7) is 4.35. The summed E-state index contributed by atoms with van der Waals surface area (Å²) in [5, 5.41) is 13.1. The summed E-state index contributed by atoms with van der Waals surface area (Å²) in [5.74, 6) is -0.0785. The molecule has 0 saturated carbocycles. The Morgan fingerprint density at radius 2 is 1.78 bits per heavy atom. The molecule has 122 valence electrons. The van der Waals surface area contributed by atoms with E-state index in [1.54, 1.807) is 19.1 Å². The number of hydrogen-bond acceptors (Lipinski definition) is 4. The molecule has 0 spiro atoms. The van der Waals surface area contributed by atoms with Crippen molar-refractivity contribution in [1.29, 1.82) is 0 Å². The van der Waals surface area contributed by atoms with Crippen molar-refractivity contribution in [3.63, 3.8) is 0 Å². The number of ether oxygens (including phenoxy) is 1. The van der Waals surface area contributed by atoms with Crippen LogP contribution in [0.25, 0.3) is 0 Å². The molecule has 2 aromatic carbocycles. The van der Waals surface area contributed by atoms with Crippen molar-refractivity contribution in [2.45, 2.75) is 32.4 Å². The number of rotatable bonds is 7. The molecule has 0 radical (unpaired) electrons. The zero-order chi connectivity index (χ0) is 16.7. The fourth-order valence-electron chi connectivity index (χ4n) is 2.45. The number of nitrogens with one attached hydrogen (secondary N) is 1. The fraction of sp³-hybridized carbons (Fsp3) is 0.316. The summed E-state index contributed by atoms with van der Waals surface area (Å²) in [6.07, 6.45) is 0.514. The normalized spacial score (nSPS) is 13.3. The standard InChI is InChI=1S/C19H23NO3/c1-3-23-18(22)19(2,13-15-9-5-4-6-10-15)20-14-16-11-7-8-12-17(16)21/h4-12,20-21H,3,13-14H2,1-2H3. The van der Waals surface area contributed by atoms with Crippen LogP contribution in [0.2, 0.25) is 0 Å². The number of aromatic hydroxyl groups is 1. The molecule has 4 heteroatoms. The molecule has 2 rings (SSSR count). The first-order valence-electron chi connectivity index (χ1n) is 7.78. The highest BCUT2D eigenvalue weighted by molar-refractivity contribution is 5.80. The van der Waals surface area contributed by atoms with Gasteiger partial charge in [0.25, 0.3) is 0 Å². The Bertz CT molecular complexity index is 642. The minimum atomic E-state index is -0.861. The zero-order valence-electron chi connectivity index (χ0n) is 13.6. The molecular formula is C19H23NO3. The van der Waals surface area contributed by atoms with Crippen molar-refractivity contribution in [3.8, 4) is 5.75 Å². The minimum absolute atomic E-state index is 0.214. The van der Waals surface area contributed by atoms with Crippen LogP contribution in [0.4, 0.5) is 0 Å². The van der Waals surface area contributed by atoms with Crippen LogP contribution >= 0.6 is 0 Å². The molecule has 1 atom stereocenters. The SMILES string of the molecule is CCOC(=O)C(C)(Cc1ccccc1)NCc1ccccc1O. The van der Waals surface area contributed by atoms with E-state index >= 15 is 0 Å². The van der Waals surface area contributed by atoms with Crippen molar-refractivity contribution >= 4 is 5.97 Å². The topological polar surface area (TPSA) is 58.6 Å². The van der Waals surface area contributed by atoms with Gasteiger partial charge in [-0.1, -0.05) is 48.5 Å². The maximum absolute atomic E-state index is 12.4.